The topological polar surface area (TPSA) is 64.8 Å². The monoisotopic (exact) mass is 376 g/mol. The molecule has 2 aliphatic rings. The number of likely N-dealkylation sites (tertiary alicyclic amines) is 1. The average Bonchev–Trinajstić information content (AvgIpc) is 3.29. The maximum atomic E-state index is 12.5. The molecule has 2 saturated heterocycles. The fourth-order valence-electron chi connectivity index (χ4n) is 3.90. The van der Waals surface area contributed by atoms with Gasteiger partial charge >= 0.3 is 0 Å². The van der Waals surface area contributed by atoms with Crippen molar-refractivity contribution in [3.05, 3.63) is 39.7 Å². The Balaban J connectivity index is 1.26. The predicted molar refractivity (Wildman–Crippen MR) is 97.3 cm³/mol. The van der Waals surface area contributed by atoms with Gasteiger partial charge in [0.25, 0.3) is 5.91 Å². The summed E-state index contributed by atoms with van der Waals surface area (Å²) < 4.78 is 17.2. The quantitative estimate of drug-likeness (QED) is 0.725. The number of rotatable bonds is 6. The first-order valence-electron chi connectivity index (χ1n) is 9.03. The number of hydrogen-bond donors (Lipinski definition) is 0. The molecule has 26 heavy (non-hydrogen) atoms. The van der Waals surface area contributed by atoms with Crippen molar-refractivity contribution in [2.24, 2.45) is 5.92 Å². The molecule has 4 rings (SSSR count). The van der Waals surface area contributed by atoms with Gasteiger partial charge in [-0.3, -0.25) is 4.79 Å². The van der Waals surface area contributed by atoms with Gasteiger partial charge in [-0.05, 0) is 38.7 Å². The number of carbonyl (C=O) groups excluding carboxylic acids is 1. The van der Waals surface area contributed by atoms with Crippen molar-refractivity contribution < 1.29 is 18.7 Å². The fourth-order valence-corrected chi connectivity index (χ4v) is 4.50. The smallest absolute Gasteiger partial charge is 0.290 e. The van der Waals surface area contributed by atoms with Gasteiger partial charge in [-0.15, -0.1) is 11.3 Å². The van der Waals surface area contributed by atoms with Crippen LogP contribution in [0, 0.1) is 19.8 Å². The number of aromatic nitrogens is 1. The van der Waals surface area contributed by atoms with Crippen LogP contribution in [0.25, 0.3) is 0 Å². The molecule has 140 valence electrons. The van der Waals surface area contributed by atoms with Crippen molar-refractivity contribution in [2.75, 3.05) is 26.3 Å². The zero-order valence-electron chi connectivity index (χ0n) is 15.2. The second-order valence-electron chi connectivity index (χ2n) is 7.19. The number of furan rings is 1. The Kier molecular flexibility index (Phi) is 4.86. The third kappa shape index (κ3) is 3.31. The van der Waals surface area contributed by atoms with Gasteiger partial charge in [0.1, 0.15) is 5.60 Å². The van der Waals surface area contributed by atoms with Crippen molar-refractivity contribution in [1.82, 2.24) is 9.88 Å². The molecular weight excluding hydrogens is 352 g/mol. The molecule has 2 fully saturated rings. The van der Waals surface area contributed by atoms with Gasteiger partial charge in [-0.25, -0.2) is 4.98 Å². The number of aryl methyl sites for hydroxylation is 2. The fraction of sp³-hybridized carbons (Fsp3) is 0.579. The summed E-state index contributed by atoms with van der Waals surface area (Å²) >= 11 is 1.65. The summed E-state index contributed by atoms with van der Waals surface area (Å²) in [5, 5.41) is 3.11. The summed E-state index contributed by atoms with van der Waals surface area (Å²) in [6.45, 7) is 7.19. The van der Waals surface area contributed by atoms with E-state index in [0.29, 0.717) is 38.0 Å². The van der Waals surface area contributed by atoms with E-state index in [1.807, 2.05) is 30.2 Å². The number of amides is 1. The minimum absolute atomic E-state index is 0.0393. The molecule has 1 amide bonds. The van der Waals surface area contributed by atoms with Crippen LogP contribution in [0.4, 0.5) is 0 Å². The Morgan fingerprint density at radius 2 is 2.31 bits per heavy atom. The first kappa shape index (κ1) is 17.7. The first-order valence-corrected chi connectivity index (χ1v) is 9.91. The second-order valence-corrected chi connectivity index (χ2v) is 8.25. The van der Waals surface area contributed by atoms with Crippen molar-refractivity contribution >= 4 is 17.2 Å². The van der Waals surface area contributed by atoms with Gasteiger partial charge in [-0.2, -0.15) is 0 Å². The van der Waals surface area contributed by atoms with Gasteiger partial charge < -0.3 is 18.8 Å². The summed E-state index contributed by atoms with van der Waals surface area (Å²) in [6, 6.07) is 1.82. The standard InChI is InChI=1S/C19H24N2O4S/c1-13-3-7-24-17(13)18(22)21-11-19(12-21)15(5-8-25-19)4-6-23-9-16-10-26-14(2)20-16/h3,7,10,15H,4-6,8-9,11-12H2,1-2H3/t15-/m1/s1. The zero-order valence-corrected chi connectivity index (χ0v) is 16.0. The highest BCUT2D eigenvalue weighted by Crippen LogP contribution is 2.42. The van der Waals surface area contributed by atoms with Crippen LogP contribution in [-0.2, 0) is 16.1 Å². The molecule has 6 nitrogen and oxygen atoms in total. The van der Waals surface area contributed by atoms with Gasteiger partial charge in [-0.1, -0.05) is 0 Å². The van der Waals surface area contributed by atoms with Crippen LogP contribution in [0.1, 0.15) is 39.7 Å². The molecule has 0 radical (unpaired) electrons. The van der Waals surface area contributed by atoms with Crippen LogP contribution >= 0.6 is 11.3 Å². The van der Waals surface area contributed by atoms with Crippen LogP contribution in [0.15, 0.2) is 22.1 Å². The highest BCUT2D eigenvalue weighted by Gasteiger charge is 2.54. The van der Waals surface area contributed by atoms with Crippen LogP contribution in [0.5, 0.6) is 0 Å². The van der Waals surface area contributed by atoms with Crippen LogP contribution < -0.4 is 0 Å². The Morgan fingerprint density at radius 1 is 1.46 bits per heavy atom. The third-order valence-corrected chi connectivity index (χ3v) is 6.21. The second kappa shape index (κ2) is 7.13. The third-order valence-electron chi connectivity index (χ3n) is 5.39. The SMILES string of the molecule is Cc1nc(COCC[C@@H]2CCOC23CN(C(=O)c2occc2C)C3)cs1. The van der Waals surface area contributed by atoms with Crippen LogP contribution in [0.3, 0.4) is 0 Å². The van der Waals surface area contributed by atoms with Gasteiger partial charge in [0, 0.05) is 24.2 Å². The molecule has 2 aromatic rings. The summed E-state index contributed by atoms with van der Waals surface area (Å²) in [5.74, 6) is 0.834. The molecular formula is C19H24N2O4S. The van der Waals surface area contributed by atoms with E-state index in [4.69, 9.17) is 13.9 Å². The predicted octanol–water partition coefficient (Wildman–Crippen LogP) is 3.19. The van der Waals surface area contributed by atoms with Gasteiger partial charge in [0.15, 0.2) is 5.76 Å². The maximum Gasteiger partial charge on any atom is 0.290 e. The molecule has 7 heteroatoms. The lowest BCUT2D eigenvalue weighted by molar-refractivity contribution is -0.121. The Labute approximate surface area is 157 Å². The molecule has 0 aromatic carbocycles. The normalized spacial score (nSPS) is 21.3. The molecule has 4 heterocycles. The molecule has 0 aliphatic carbocycles. The van der Waals surface area contributed by atoms with E-state index in [1.54, 1.807) is 17.6 Å². The average molecular weight is 376 g/mol. The Morgan fingerprint density at radius 3 is 3.00 bits per heavy atom. The van der Waals surface area contributed by atoms with E-state index in [0.717, 1.165) is 35.7 Å². The van der Waals surface area contributed by atoms with Crippen LogP contribution in [-0.4, -0.2) is 47.7 Å². The molecule has 0 saturated carbocycles. The number of thiazole rings is 1. The van der Waals surface area contributed by atoms with Gasteiger partial charge in [0.05, 0.1) is 36.7 Å². The number of nitrogens with zero attached hydrogens (tertiary/aromatic N) is 2. The van der Waals surface area contributed by atoms with E-state index >= 15 is 0 Å². The lowest BCUT2D eigenvalue weighted by Crippen LogP contribution is -2.66. The maximum absolute atomic E-state index is 12.5. The molecule has 0 bridgehead atoms. The molecule has 2 aliphatic heterocycles. The summed E-state index contributed by atoms with van der Waals surface area (Å²) in [5.41, 5.74) is 1.68. The zero-order chi connectivity index (χ0) is 18.1. The van der Waals surface area contributed by atoms with E-state index in [1.165, 1.54) is 0 Å². The van der Waals surface area contributed by atoms with Crippen LogP contribution in [0.2, 0.25) is 0 Å². The number of carbonyl (C=O) groups is 1. The Hall–Kier alpha value is -1.70. The van der Waals surface area contributed by atoms with Crippen molar-refractivity contribution in [3.63, 3.8) is 0 Å². The number of hydrogen-bond acceptors (Lipinski definition) is 6. The summed E-state index contributed by atoms with van der Waals surface area (Å²) in [4.78, 5) is 18.8. The molecule has 0 N–H and O–H groups in total. The summed E-state index contributed by atoms with van der Waals surface area (Å²) in [6.07, 6.45) is 3.54. The molecule has 1 atom stereocenters. The summed E-state index contributed by atoms with van der Waals surface area (Å²) in [7, 11) is 0. The minimum Gasteiger partial charge on any atom is -0.459 e. The highest BCUT2D eigenvalue weighted by atomic mass is 32.1. The first-order chi connectivity index (χ1) is 12.6. The molecule has 2 aromatic heterocycles. The number of ether oxygens (including phenoxy) is 2. The van der Waals surface area contributed by atoms with E-state index in [-0.39, 0.29) is 11.5 Å². The minimum atomic E-state index is -0.198. The largest absolute Gasteiger partial charge is 0.459 e. The van der Waals surface area contributed by atoms with E-state index in [2.05, 4.69) is 4.98 Å². The lowest BCUT2D eigenvalue weighted by atomic mass is 9.79. The van der Waals surface area contributed by atoms with Gasteiger partial charge in [0.2, 0.25) is 0 Å². The van der Waals surface area contributed by atoms with E-state index < -0.39 is 0 Å². The molecule has 0 unspecified atom stereocenters. The Bertz CT molecular complexity index is 778. The van der Waals surface area contributed by atoms with E-state index in [9.17, 15) is 4.79 Å². The van der Waals surface area contributed by atoms with Crippen molar-refractivity contribution in [1.29, 1.82) is 0 Å². The molecule has 1 spiro atoms. The van der Waals surface area contributed by atoms with Crippen molar-refractivity contribution in [3.8, 4) is 0 Å². The van der Waals surface area contributed by atoms with Crippen molar-refractivity contribution in [2.45, 2.75) is 38.9 Å². The highest BCUT2D eigenvalue weighted by molar-refractivity contribution is 7.09. The lowest BCUT2D eigenvalue weighted by Gasteiger charge is -2.50.